The average Bonchev–Trinajstić information content (AvgIpc) is 3.18. The summed E-state index contributed by atoms with van der Waals surface area (Å²) in [6, 6.07) is 3.55. The van der Waals surface area contributed by atoms with E-state index in [1.54, 1.807) is 11.0 Å². The molecule has 26 heavy (non-hydrogen) atoms. The normalized spacial score (nSPS) is 20.3. The Morgan fingerprint density at radius 3 is 2.35 bits per heavy atom. The lowest BCUT2D eigenvalue weighted by Gasteiger charge is -2.37. The first kappa shape index (κ1) is 19.3. The fraction of sp³-hybridized carbons (Fsp3) is 0.647. The predicted molar refractivity (Wildman–Crippen MR) is 99.4 cm³/mol. The van der Waals surface area contributed by atoms with E-state index in [2.05, 4.69) is 0 Å². The van der Waals surface area contributed by atoms with E-state index in [-0.39, 0.29) is 11.8 Å². The van der Waals surface area contributed by atoms with E-state index in [9.17, 15) is 18.0 Å². The summed E-state index contributed by atoms with van der Waals surface area (Å²) in [6.07, 6.45) is 2.75. The molecule has 2 fully saturated rings. The maximum absolute atomic E-state index is 12.8. The summed E-state index contributed by atoms with van der Waals surface area (Å²) in [5.41, 5.74) is 0. The number of nitrogens with zero attached hydrogens (tertiary/aromatic N) is 3. The molecule has 2 amide bonds. The number of piperidine rings is 1. The van der Waals surface area contributed by atoms with Gasteiger partial charge in [-0.25, -0.2) is 8.42 Å². The van der Waals surface area contributed by atoms with Crippen LogP contribution < -0.4 is 0 Å². The van der Waals surface area contributed by atoms with Gasteiger partial charge in [0.15, 0.2) is 0 Å². The van der Waals surface area contributed by atoms with Crippen LogP contribution in [-0.2, 0) is 26.0 Å². The largest absolute Gasteiger partial charge is 0.342 e. The minimum atomic E-state index is -3.45. The van der Waals surface area contributed by atoms with Gasteiger partial charge in [0.2, 0.25) is 12.3 Å². The molecule has 2 aliphatic heterocycles. The lowest BCUT2D eigenvalue weighted by molar-refractivity contribution is -0.140. The van der Waals surface area contributed by atoms with E-state index < -0.39 is 10.0 Å². The molecule has 1 aromatic rings. The van der Waals surface area contributed by atoms with Crippen molar-refractivity contribution in [3.05, 3.63) is 17.0 Å². The van der Waals surface area contributed by atoms with Crippen LogP contribution in [0.4, 0.5) is 0 Å². The Kier molecular flexibility index (Phi) is 5.99. The van der Waals surface area contributed by atoms with Gasteiger partial charge in [0.25, 0.3) is 10.0 Å². The van der Waals surface area contributed by atoms with Crippen LogP contribution in [0.15, 0.2) is 16.3 Å². The van der Waals surface area contributed by atoms with E-state index in [0.717, 1.165) is 17.7 Å². The summed E-state index contributed by atoms with van der Waals surface area (Å²) in [4.78, 5) is 28.0. The van der Waals surface area contributed by atoms with Crippen molar-refractivity contribution in [2.45, 2.75) is 30.4 Å². The highest BCUT2D eigenvalue weighted by molar-refractivity contribution is 7.91. The highest BCUT2D eigenvalue weighted by atomic mass is 32.2. The number of thiophene rings is 1. The average molecular weight is 400 g/mol. The predicted octanol–water partition coefficient (Wildman–Crippen LogP) is 1.01. The molecule has 0 aromatic carbocycles. The molecule has 3 heterocycles. The fourth-order valence-electron chi connectivity index (χ4n) is 3.46. The van der Waals surface area contributed by atoms with Gasteiger partial charge in [-0.3, -0.25) is 9.59 Å². The number of amides is 2. The highest BCUT2D eigenvalue weighted by Gasteiger charge is 2.35. The van der Waals surface area contributed by atoms with Gasteiger partial charge in [0.05, 0.1) is 0 Å². The van der Waals surface area contributed by atoms with Crippen molar-refractivity contribution in [2.75, 3.05) is 39.3 Å². The van der Waals surface area contributed by atoms with E-state index >= 15 is 0 Å². The maximum Gasteiger partial charge on any atom is 0.252 e. The first-order valence-corrected chi connectivity index (χ1v) is 11.3. The number of piperazine rings is 1. The number of sulfonamides is 1. The van der Waals surface area contributed by atoms with Crippen molar-refractivity contribution >= 4 is 33.7 Å². The standard InChI is InChI=1S/C17H25N3O4S2/c1-2-15-3-4-16(25-15)26(23,24)20-7-5-14(6-8-20)17(22)19-11-9-18(13-21)10-12-19/h3-4,13-14H,2,5-12H2,1H3. The summed E-state index contributed by atoms with van der Waals surface area (Å²) in [6.45, 7) is 5.03. The Hall–Kier alpha value is -1.45. The van der Waals surface area contributed by atoms with Crippen LogP contribution in [-0.4, -0.2) is 74.1 Å². The summed E-state index contributed by atoms with van der Waals surface area (Å²) in [7, 11) is -3.45. The van der Waals surface area contributed by atoms with Gasteiger partial charge in [0.1, 0.15) is 4.21 Å². The number of carbonyl (C=O) groups is 2. The molecule has 1 aromatic heterocycles. The zero-order valence-electron chi connectivity index (χ0n) is 15.0. The van der Waals surface area contributed by atoms with Crippen molar-refractivity contribution in [2.24, 2.45) is 5.92 Å². The van der Waals surface area contributed by atoms with Crippen molar-refractivity contribution in [1.82, 2.24) is 14.1 Å². The zero-order valence-corrected chi connectivity index (χ0v) is 16.6. The van der Waals surface area contributed by atoms with Gasteiger partial charge in [-0.15, -0.1) is 11.3 Å². The lowest BCUT2D eigenvalue weighted by Crippen LogP contribution is -2.51. The van der Waals surface area contributed by atoms with Crippen molar-refractivity contribution in [1.29, 1.82) is 0 Å². The number of aryl methyl sites for hydroxylation is 1. The second-order valence-corrected chi connectivity index (χ2v) is 10.1. The van der Waals surface area contributed by atoms with Crippen LogP contribution in [0.1, 0.15) is 24.6 Å². The van der Waals surface area contributed by atoms with Crippen LogP contribution in [0.2, 0.25) is 0 Å². The summed E-state index contributed by atoms with van der Waals surface area (Å²) >= 11 is 1.33. The monoisotopic (exact) mass is 399 g/mol. The molecule has 0 bridgehead atoms. The zero-order chi connectivity index (χ0) is 18.7. The van der Waals surface area contributed by atoms with E-state index in [1.807, 2.05) is 17.9 Å². The molecule has 0 radical (unpaired) electrons. The van der Waals surface area contributed by atoms with Crippen molar-refractivity contribution < 1.29 is 18.0 Å². The molecule has 2 saturated heterocycles. The molecule has 9 heteroatoms. The minimum absolute atomic E-state index is 0.0944. The molecule has 0 spiro atoms. The van der Waals surface area contributed by atoms with Crippen molar-refractivity contribution in [3.63, 3.8) is 0 Å². The third-order valence-corrected chi connectivity index (χ3v) is 8.75. The quantitative estimate of drug-likeness (QED) is 0.693. The molecule has 0 aliphatic carbocycles. The molecule has 0 saturated carbocycles. The number of hydrogen-bond donors (Lipinski definition) is 0. The Labute approximate surface area is 158 Å². The molecular weight excluding hydrogens is 374 g/mol. The fourth-order valence-corrected chi connectivity index (χ4v) is 6.38. The third-order valence-electron chi connectivity index (χ3n) is 5.16. The summed E-state index contributed by atoms with van der Waals surface area (Å²) in [5, 5.41) is 0. The van der Waals surface area contributed by atoms with E-state index in [1.165, 1.54) is 15.6 Å². The van der Waals surface area contributed by atoms with Crippen LogP contribution in [0.3, 0.4) is 0 Å². The van der Waals surface area contributed by atoms with Gasteiger partial charge >= 0.3 is 0 Å². The SMILES string of the molecule is CCc1ccc(S(=O)(=O)N2CCC(C(=O)N3CCN(C=O)CC3)CC2)s1. The number of rotatable bonds is 5. The third kappa shape index (κ3) is 3.94. The molecule has 2 aliphatic rings. The highest BCUT2D eigenvalue weighted by Crippen LogP contribution is 2.29. The minimum Gasteiger partial charge on any atom is -0.342 e. The summed E-state index contributed by atoms with van der Waals surface area (Å²) in [5.74, 6) is -0.0317. The Balaban J connectivity index is 1.57. The topological polar surface area (TPSA) is 78.0 Å². The smallest absolute Gasteiger partial charge is 0.252 e. The van der Waals surface area contributed by atoms with E-state index in [0.29, 0.717) is 56.3 Å². The van der Waals surface area contributed by atoms with E-state index in [4.69, 9.17) is 0 Å². The van der Waals surface area contributed by atoms with Crippen molar-refractivity contribution in [3.8, 4) is 0 Å². The van der Waals surface area contributed by atoms with Crippen LogP contribution in [0.25, 0.3) is 0 Å². The Morgan fingerprint density at radius 2 is 1.81 bits per heavy atom. The molecular formula is C17H25N3O4S2. The van der Waals surface area contributed by atoms with Gasteiger partial charge in [-0.1, -0.05) is 6.92 Å². The molecule has 0 N–H and O–H groups in total. The second kappa shape index (κ2) is 8.06. The molecule has 144 valence electrons. The maximum atomic E-state index is 12.8. The van der Waals surface area contributed by atoms with Gasteiger partial charge in [0, 0.05) is 50.1 Å². The summed E-state index contributed by atoms with van der Waals surface area (Å²) < 4.78 is 27.4. The lowest BCUT2D eigenvalue weighted by atomic mass is 9.96. The number of hydrogen-bond acceptors (Lipinski definition) is 5. The van der Waals surface area contributed by atoms with Crippen LogP contribution in [0, 0.1) is 5.92 Å². The van der Waals surface area contributed by atoms with Crippen LogP contribution >= 0.6 is 11.3 Å². The molecule has 0 unspecified atom stereocenters. The first-order chi connectivity index (χ1) is 12.5. The first-order valence-electron chi connectivity index (χ1n) is 9.02. The van der Waals surface area contributed by atoms with Gasteiger partial charge in [-0.2, -0.15) is 4.31 Å². The molecule has 7 nitrogen and oxygen atoms in total. The Bertz CT molecular complexity index is 746. The second-order valence-electron chi connectivity index (χ2n) is 6.72. The number of carbonyl (C=O) groups excluding carboxylic acids is 2. The van der Waals surface area contributed by atoms with Gasteiger partial charge < -0.3 is 9.80 Å². The molecule has 0 atom stereocenters. The van der Waals surface area contributed by atoms with Gasteiger partial charge in [-0.05, 0) is 31.4 Å². The van der Waals surface area contributed by atoms with Crippen LogP contribution in [0.5, 0.6) is 0 Å². The molecule has 3 rings (SSSR count). The Morgan fingerprint density at radius 1 is 1.15 bits per heavy atom.